The average Bonchev–Trinajstić information content (AvgIpc) is 2.80. The van der Waals surface area contributed by atoms with Gasteiger partial charge in [0.25, 0.3) is 11.8 Å². The minimum Gasteiger partial charge on any atom is -0.493 e. The van der Waals surface area contributed by atoms with Crippen LogP contribution in [0.3, 0.4) is 0 Å². The van der Waals surface area contributed by atoms with E-state index in [4.69, 9.17) is 14.2 Å². The Hall–Kier alpha value is -3.81. The molecule has 0 aliphatic carbocycles. The van der Waals surface area contributed by atoms with Crippen LogP contribution < -0.4 is 24.4 Å². The molecule has 2 aromatic rings. The van der Waals surface area contributed by atoms with Gasteiger partial charge in [0, 0.05) is 0 Å². The van der Waals surface area contributed by atoms with E-state index in [9.17, 15) is 14.4 Å². The lowest BCUT2D eigenvalue weighted by Gasteiger charge is -2.26. The summed E-state index contributed by atoms with van der Waals surface area (Å²) in [6.45, 7) is 4.19. The van der Waals surface area contributed by atoms with Gasteiger partial charge in [-0.1, -0.05) is 26.0 Å². The number of imide groups is 2. The Bertz CT molecular complexity index is 1050. The number of anilines is 1. The van der Waals surface area contributed by atoms with Gasteiger partial charge >= 0.3 is 6.03 Å². The van der Waals surface area contributed by atoms with Crippen molar-refractivity contribution in [2.75, 3.05) is 26.2 Å². The Morgan fingerprint density at radius 2 is 1.56 bits per heavy atom. The molecule has 32 heavy (non-hydrogen) atoms. The van der Waals surface area contributed by atoms with E-state index in [1.54, 1.807) is 24.3 Å². The third-order valence-corrected chi connectivity index (χ3v) is 5.43. The van der Waals surface area contributed by atoms with Gasteiger partial charge in [-0.15, -0.1) is 0 Å². The minimum atomic E-state index is -0.793. The number of barbiturate groups is 1. The number of hydrogen-bond acceptors (Lipinski definition) is 6. The van der Waals surface area contributed by atoms with Crippen molar-refractivity contribution in [1.29, 1.82) is 0 Å². The van der Waals surface area contributed by atoms with Gasteiger partial charge in [-0.2, -0.15) is 0 Å². The van der Waals surface area contributed by atoms with E-state index < -0.39 is 17.8 Å². The van der Waals surface area contributed by atoms with Gasteiger partial charge in [-0.25, -0.2) is 9.69 Å². The predicted octanol–water partition coefficient (Wildman–Crippen LogP) is 3.89. The zero-order chi connectivity index (χ0) is 23.4. The van der Waals surface area contributed by atoms with Crippen LogP contribution in [0.4, 0.5) is 10.5 Å². The third kappa shape index (κ3) is 4.30. The van der Waals surface area contributed by atoms with Crippen molar-refractivity contribution in [3.63, 3.8) is 0 Å². The molecule has 0 radical (unpaired) electrons. The summed E-state index contributed by atoms with van der Waals surface area (Å²) < 4.78 is 15.9. The Labute approximate surface area is 186 Å². The van der Waals surface area contributed by atoms with Gasteiger partial charge in [0.1, 0.15) is 5.57 Å². The smallest absolute Gasteiger partial charge is 0.335 e. The van der Waals surface area contributed by atoms with Crippen molar-refractivity contribution in [2.24, 2.45) is 0 Å². The Morgan fingerprint density at radius 1 is 0.969 bits per heavy atom. The van der Waals surface area contributed by atoms with E-state index >= 15 is 0 Å². The molecule has 1 heterocycles. The number of rotatable bonds is 7. The molecule has 0 spiro atoms. The number of amides is 4. The summed E-state index contributed by atoms with van der Waals surface area (Å²) in [5, 5.41) is 2.23. The lowest BCUT2D eigenvalue weighted by molar-refractivity contribution is -0.122. The highest BCUT2D eigenvalue weighted by molar-refractivity contribution is 6.39. The summed E-state index contributed by atoms with van der Waals surface area (Å²) in [7, 11) is 4.42. The number of benzene rings is 2. The van der Waals surface area contributed by atoms with Crippen LogP contribution in [-0.2, 0) is 9.59 Å². The van der Waals surface area contributed by atoms with Crippen molar-refractivity contribution in [2.45, 2.75) is 26.2 Å². The molecule has 0 bridgehead atoms. The van der Waals surface area contributed by atoms with E-state index in [1.807, 2.05) is 12.1 Å². The van der Waals surface area contributed by atoms with Gasteiger partial charge in [0.05, 0.1) is 27.0 Å². The molecule has 1 saturated heterocycles. The Kier molecular flexibility index (Phi) is 6.82. The number of carbonyl (C=O) groups excluding carboxylic acids is 3. The van der Waals surface area contributed by atoms with E-state index in [0.29, 0.717) is 34.4 Å². The van der Waals surface area contributed by atoms with Gasteiger partial charge in [-0.3, -0.25) is 14.9 Å². The second kappa shape index (κ2) is 9.55. The molecule has 2 aromatic carbocycles. The first-order valence-electron chi connectivity index (χ1n) is 10.2. The Morgan fingerprint density at radius 3 is 2.06 bits per heavy atom. The average molecular weight is 438 g/mol. The number of methoxy groups -OCH3 is 3. The summed E-state index contributed by atoms with van der Waals surface area (Å²) in [5.41, 5.74) is 1.76. The number of carbonyl (C=O) groups is 3. The molecule has 3 rings (SSSR count). The Balaban J connectivity index is 2.01. The zero-order valence-electron chi connectivity index (χ0n) is 18.7. The lowest BCUT2D eigenvalue weighted by atomic mass is 9.98. The third-order valence-electron chi connectivity index (χ3n) is 5.43. The van der Waals surface area contributed by atoms with Crippen molar-refractivity contribution in [3.8, 4) is 17.2 Å². The lowest BCUT2D eigenvalue weighted by Crippen LogP contribution is -2.54. The van der Waals surface area contributed by atoms with Crippen molar-refractivity contribution >= 4 is 29.6 Å². The highest BCUT2D eigenvalue weighted by Crippen LogP contribution is 2.39. The maximum absolute atomic E-state index is 13.1. The van der Waals surface area contributed by atoms with Crippen LogP contribution in [0.15, 0.2) is 42.0 Å². The molecular weight excluding hydrogens is 412 g/mol. The van der Waals surface area contributed by atoms with E-state index in [1.165, 1.54) is 27.4 Å². The number of hydrogen-bond donors (Lipinski definition) is 1. The highest BCUT2D eigenvalue weighted by atomic mass is 16.5. The van der Waals surface area contributed by atoms with Crippen molar-refractivity contribution in [3.05, 3.63) is 53.1 Å². The van der Waals surface area contributed by atoms with E-state index in [-0.39, 0.29) is 5.57 Å². The summed E-state index contributed by atoms with van der Waals surface area (Å²) in [6, 6.07) is 9.58. The van der Waals surface area contributed by atoms with Crippen LogP contribution in [0.1, 0.15) is 37.3 Å². The molecule has 1 fully saturated rings. The van der Waals surface area contributed by atoms with Crippen LogP contribution in [0, 0.1) is 0 Å². The number of nitrogens with zero attached hydrogens (tertiary/aromatic N) is 1. The molecule has 1 aliphatic heterocycles. The number of ether oxygens (including phenoxy) is 3. The summed E-state index contributed by atoms with van der Waals surface area (Å²) in [6.07, 6.45) is 2.35. The summed E-state index contributed by atoms with van der Waals surface area (Å²) >= 11 is 0. The normalized spacial score (nSPS) is 16.1. The molecule has 0 saturated carbocycles. The standard InChI is InChI=1S/C24H26N2O6/c1-6-14(2)16-7-9-17(10-8-16)26-23(28)18(22(27)25-24(26)29)11-15-12-19(30-3)21(32-5)20(13-15)31-4/h7-14H,6H2,1-5H3,(H,25,27,29)/b18-11-. The summed E-state index contributed by atoms with van der Waals surface area (Å²) in [5.74, 6) is -0.0151. The van der Waals surface area contributed by atoms with Crippen LogP contribution in [0.25, 0.3) is 6.08 Å². The van der Waals surface area contributed by atoms with Gasteiger partial charge in [-0.05, 0) is 53.8 Å². The first-order chi connectivity index (χ1) is 15.3. The van der Waals surface area contributed by atoms with E-state index in [2.05, 4.69) is 19.2 Å². The molecule has 8 nitrogen and oxygen atoms in total. The second-order valence-corrected chi connectivity index (χ2v) is 7.32. The molecule has 8 heteroatoms. The van der Waals surface area contributed by atoms with Crippen LogP contribution in [0.5, 0.6) is 17.2 Å². The largest absolute Gasteiger partial charge is 0.493 e. The molecule has 0 aromatic heterocycles. The second-order valence-electron chi connectivity index (χ2n) is 7.32. The van der Waals surface area contributed by atoms with Crippen LogP contribution in [0.2, 0.25) is 0 Å². The summed E-state index contributed by atoms with van der Waals surface area (Å²) in [4.78, 5) is 39.0. The first-order valence-corrected chi connectivity index (χ1v) is 10.2. The topological polar surface area (TPSA) is 94.2 Å². The predicted molar refractivity (Wildman–Crippen MR) is 120 cm³/mol. The van der Waals surface area contributed by atoms with Gasteiger partial charge in [0.15, 0.2) is 11.5 Å². The van der Waals surface area contributed by atoms with Gasteiger partial charge in [0.2, 0.25) is 5.75 Å². The van der Waals surface area contributed by atoms with Crippen molar-refractivity contribution < 1.29 is 28.6 Å². The maximum atomic E-state index is 13.1. The highest BCUT2D eigenvalue weighted by Gasteiger charge is 2.37. The van der Waals surface area contributed by atoms with E-state index in [0.717, 1.165) is 16.9 Å². The quantitative estimate of drug-likeness (QED) is 0.521. The van der Waals surface area contributed by atoms with Gasteiger partial charge < -0.3 is 14.2 Å². The number of nitrogens with one attached hydrogen (secondary N) is 1. The molecule has 1 atom stereocenters. The minimum absolute atomic E-state index is 0.190. The fourth-order valence-corrected chi connectivity index (χ4v) is 3.43. The fourth-order valence-electron chi connectivity index (χ4n) is 3.43. The zero-order valence-corrected chi connectivity index (χ0v) is 18.7. The first kappa shape index (κ1) is 22.9. The fraction of sp³-hybridized carbons (Fsp3) is 0.292. The SMILES string of the molecule is CCC(C)c1ccc(N2C(=O)NC(=O)/C(=C/c3cc(OC)c(OC)c(OC)c3)C2=O)cc1. The molecule has 1 unspecified atom stereocenters. The monoisotopic (exact) mass is 438 g/mol. The number of urea groups is 1. The molecule has 168 valence electrons. The van der Waals surface area contributed by atoms with Crippen LogP contribution in [-0.4, -0.2) is 39.2 Å². The van der Waals surface area contributed by atoms with Crippen LogP contribution >= 0.6 is 0 Å². The molecular formula is C24H26N2O6. The van der Waals surface area contributed by atoms with Crippen molar-refractivity contribution in [1.82, 2.24) is 5.32 Å². The maximum Gasteiger partial charge on any atom is 0.335 e. The molecule has 4 amide bonds. The molecule has 1 aliphatic rings. The molecule has 1 N–H and O–H groups in total.